The van der Waals surface area contributed by atoms with Gasteiger partial charge in [-0.15, -0.1) is 0 Å². The fourth-order valence-corrected chi connectivity index (χ4v) is 11.5. The monoisotopic (exact) mass is 1170 g/mol. The molecule has 12 rings (SSSR count). The van der Waals surface area contributed by atoms with Crippen molar-refractivity contribution in [3.8, 4) is 67.9 Å². The number of hydrogen-bond acceptors (Lipinski definition) is 14. The summed E-state index contributed by atoms with van der Waals surface area (Å²) in [7, 11) is 0. The van der Waals surface area contributed by atoms with Gasteiger partial charge >= 0.3 is 0 Å². The van der Waals surface area contributed by atoms with Gasteiger partial charge in [0.2, 0.25) is 0 Å². The Hall–Kier alpha value is -7.24. The number of aryl methyl sites for hydroxylation is 2. The first kappa shape index (κ1) is 59.1. The van der Waals surface area contributed by atoms with Gasteiger partial charge in [-0.3, -0.25) is 0 Å². The van der Waals surface area contributed by atoms with Crippen molar-refractivity contribution in [2.45, 2.75) is 89.6 Å². The molecule has 0 unspecified atom stereocenters. The largest absolute Gasteiger partial charge is 0.468 e. The van der Waals surface area contributed by atoms with E-state index in [0.29, 0.717) is 25.0 Å². The smallest absolute Gasteiger partial charge is 0.189 e. The fourth-order valence-electron chi connectivity index (χ4n) is 11.5. The van der Waals surface area contributed by atoms with Gasteiger partial charge in [0.1, 0.15) is 34.5 Å². The van der Waals surface area contributed by atoms with Crippen LogP contribution in [0.1, 0.15) is 62.5 Å². The van der Waals surface area contributed by atoms with Crippen molar-refractivity contribution in [1.29, 1.82) is 0 Å². The van der Waals surface area contributed by atoms with E-state index in [9.17, 15) is 0 Å². The molecular weight excluding hydrogens is 1090 g/mol. The highest BCUT2D eigenvalue weighted by molar-refractivity contribution is 6.08. The van der Waals surface area contributed by atoms with Gasteiger partial charge in [-0.05, 0) is 181 Å². The maximum atomic E-state index is 6.64. The van der Waals surface area contributed by atoms with Crippen molar-refractivity contribution >= 4 is 21.5 Å². The van der Waals surface area contributed by atoms with E-state index in [4.69, 9.17) is 66.3 Å². The van der Waals surface area contributed by atoms with Gasteiger partial charge in [0.05, 0.1) is 64.1 Å². The van der Waals surface area contributed by atoms with E-state index in [0.717, 1.165) is 167 Å². The molecule has 14 nitrogen and oxygen atoms in total. The lowest BCUT2D eigenvalue weighted by atomic mass is 9.91. The second-order valence-corrected chi connectivity index (χ2v) is 23.0. The van der Waals surface area contributed by atoms with Crippen LogP contribution in [0.4, 0.5) is 0 Å². The Morgan fingerprint density at radius 3 is 1.12 bits per heavy atom. The van der Waals surface area contributed by atoms with E-state index >= 15 is 0 Å². The molecule has 8 aromatic carbocycles. The fraction of sp³-hybridized carbons (Fsp3) is 0.389. The topological polar surface area (TPSA) is 129 Å². The Labute approximate surface area is 504 Å². The van der Waals surface area contributed by atoms with Crippen molar-refractivity contribution < 1.29 is 66.3 Å². The molecule has 0 amide bonds. The quantitative estimate of drug-likeness (QED) is 0.0326. The zero-order chi connectivity index (χ0) is 58.3. The standard InChI is InChI=1S/C72H78O14/c1-49-4-31-69-57(33-49)13-32-71(86-48-84-66-28-26-64(27-29-66)82-46-80-62-20-11-56(12-21-62)54-7-16-60(17-8-54)78-44-76-42-52-39-74-40-52)72(69)70-36-67(35-58-34-50(2)3-30-68(58)70)85-47-83-65-24-22-63(23-25-65)81-45-79-61-18-9-55(10-19-61)53-5-14-59(15-6-53)77-43-75-41-51-37-73-38-51/h3-21,30-36,51-52,63-66H,22-29,37-48H2,1-2H3. The van der Waals surface area contributed by atoms with Crippen LogP contribution in [0.5, 0.6) is 34.5 Å². The summed E-state index contributed by atoms with van der Waals surface area (Å²) in [5.41, 5.74) is 8.75. The molecule has 0 aromatic heterocycles. The first-order chi connectivity index (χ1) is 42.4. The summed E-state index contributed by atoms with van der Waals surface area (Å²) in [5, 5.41) is 4.42. The van der Waals surface area contributed by atoms with Gasteiger partial charge in [-0.1, -0.05) is 102 Å². The molecular formula is C72H78O14. The molecule has 4 aliphatic rings. The SMILES string of the molecule is Cc1ccc2c(-c3c(OCOC4CCC(OCOc5ccc(-c6ccc(OCOCC7COC7)cc6)cc5)CC4)ccc4cc(C)ccc34)cc(OCOC3CCC(OCOc4ccc(-c5ccc(OCOCC6COC6)cc5)cc4)CC3)cc2c1. The van der Waals surface area contributed by atoms with Crippen LogP contribution in [-0.2, 0) is 37.9 Å². The predicted molar refractivity (Wildman–Crippen MR) is 330 cm³/mol. The Balaban J connectivity index is 0.583. The van der Waals surface area contributed by atoms with Gasteiger partial charge < -0.3 is 66.3 Å². The van der Waals surface area contributed by atoms with Crippen LogP contribution in [0.3, 0.4) is 0 Å². The Morgan fingerprint density at radius 1 is 0.337 bits per heavy atom. The summed E-state index contributed by atoms with van der Waals surface area (Å²) in [5.74, 6) is 5.52. The molecule has 86 heavy (non-hydrogen) atoms. The molecule has 2 aliphatic carbocycles. The highest BCUT2D eigenvalue weighted by Gasteiger charge is 2.26. The second-order valence-electron chi connectivity index (χ2n) is 23.0. The van der Waals surface area contributed by atoms with Crippen LogP contribution in [-0.4, -0.2) is 105 Å². The Morgan fingerprint density at radius 2 is 0.709 bits per heavy atom. The van der Waals surface area contributed by atoms with E-state index in [-0.39, 0.29) is 65.2 Å². The van der Waals surface area contributed by atoms with Crippen molar-refractivity contribution in [3.05, 3.63) is 169 Å². The lowest BCUT2D eigenvalue weighted by Crippen LogP contribution is -2.32. The zero-order valence-electron chi connectivity index (χ0n) is 49.3. The zero-order valence-corrected chi connectivity index (χ0v) is 49.3. The third-order valence-corrected chi connectivity index (χ3v) is 16.7. The summed E-state index contributed by atoms with van der Waals surface area (Å²) in [4.78, 5) is 0. The highest BCUT2D eigenvalue weighted by Crippen LogP contribution is 2.43. The Kier molecular flexibility index (Phi) is 20.2. The van der Waals surface area contributed by atoms with E-state index < -0.39 is 0 Å². The maximum Gasteiger partial charge on any atom is 0.189 e. The predicted octanol–water partition coefficient (Wildman–Crippen LogP) is 15.0. The molecule has 0 N–H and O–H groups in total. The maximum absolute atomic E-state index is 6.64. The molecule has 0 radical (unpaired) electrons. The summed E-state index contributed by atoms with van der Waals surface area (Å²) in [6.45, 7) is 9.75. The number of ether oxygens (including phenoxy) is 14. The van der Waals surface area contributed by atoms with Crippen LogP contribution < -0.4 is 28.4 Å². The minimum atomic E-state index is 0.0601. The third kappa shape index (κ3) is 16.0. The number of fused-ring (bicyclic) bond motifs is 2. The Bertz CT molecular complexity index is 3400. The second kappa shape index (κ2) is 29.4. The first-order valence-corrected chi connectivity index (χ1v) is 30.4. The van der Waals surface area contributed by atoms with Gasteiger partial charge in [-0.2, -0.15) is 0 Å². The van der Waals surface area contributed by atoms with Crippen molar-refractivity contribution in [3.63, 3.8) is 0 Å². The van der Waals surface area contributed by atoms with Gasteiger partial charge in [-0.25, -0.2) is 0 Å². The molecule has 0 spiro atoms. The molecule has 2 saturated heterocycles. The molecule has 0 atom stereocenters. The van der Waals surface area contributed by atoms with Crippen molar-refractivity contribution in [2.75, 3.05) is 80.4 Å². The highest BCUT2D eigenvalue weighted by atomic mass is 16.7. The number of rotatable bonds is 29. The molecule has 2 saturated carbocycles. The summed E-state index contributed by atoms with van der Waals surface area (Å²) < 4.78 is 83.5. The van der Waals surface area contributed by atoms with E-state index in [2.05, 4.69) is 98.8 Å². The van der Waals surface area contributed by atoms with Crippen LogP contribution in [0, 0.1) is 25.7 Å². The average Bonchev–Trinajstić information content (AvgIpc) is 2.13. The lowest BCUT2D eigenvalue weighted by molar-refractivity contribution is -0.0933. The van der Waals surface area contributed by atoms with Crippen LogP contribution in [0.25, 0.3) is 54.9 Å². The third-order valence-electron chi connectivity index (χ3n) is 16.7. The molecule has 2 heterocycles. The lowest BCUT2D eigenvalue weighted by Gasteiger charge is -2.28. The molecule has 0 bridgehead atoms. The molecule has 4 fully saturated rings. The summed E-state index contributed by atoms with van der Waals surface area (Å²) >= 11 is 0. The van der Waals surface area contributed by atoms with Crippen molar-refractivity contribution in [2.24, 2.45) is 11.8 Å². The van der Waals surface area contributed by atoms with Gasteiger partial charge in [0.15, 0.2) is 40.8 Å². The molecule has 2 aliphatic heterocycles. The van der Waals surface area contributed by atoms with Crippen LogP contribution in [0.2, 0.25) is 0 Å². The summed E-state index contributed by atoms with van der Waals surface area (Å²) in [6.07, 6.45) is 7.34. The van der Waals surface area contributed by atoms with Crippen molar-refractivity contribution in [1.82, 2.24) is 0 Å². The molecule has 8 aromatic rings. The first-order valence-electron chi connectivity index (χ1n) is 30.4. The summed E-state index contributed by atoms with van der Waals surface area (Å²) in [6, 6.07) is 53.8. The van der Waals surface area contributed by atoms with E-state index in [1.165, 1.54) is 11.1 Å². The average molecular weight is 1170 g/mol. The minimum Gasteiger partial charge on any atom is -0.468 e. The van der Waals surface area contributed by atoms with Crippen LogP contribution >= 0.6 is 0 Å². The van der Waals surface area contributed by atoms with E-state index in [1.807, 2.05) is 72.8 Å². The molecule has 14 heteroatoms. The van der Waals surface area contributed by atoms with Gasteiger partial charge in [0, 0.05) is 17.4 Å². The van der Waals surface area contributed by atoms with Gasteiger partial charge in [0.25, 0.3) is 0 Å². The van der Waals surface area contributed by atoms with E-state index in [1.54, 1.807) is 0 Å². The molecule has 450 valence electrons. The minimum absolute atomic E-state index is 0.0601. The van der Waals surface area contributed by atoms with Crippen LogP contribution in [0.15, 0.2) is 158 Å². The number of hydrogen-bond donors (Lipinski definition) is 0. The number of benzene rings is 8. The normalized spacial score (nSPS) is 19.0.